The van der Waals surface area contributed by atoms with Crippen LogP contribution < -0.4 is 24.0 Å². The summed E-state index contributed by atoms with van der Waals surface area (Å²) >= 11 is 7.07. The molecule has 3 saturated heterocycles. The number of methoxy groups -OCH3 is 2. The maximum atomic E-state index is 18.0. The van der Waals surface area contributed by atoms with Gasteiger partial charge in [-0.3, -0.25) is 14.6 Å². The van der Waals surface area contributed by atoms with E-state index in [-0.39, 0.29) is 83.4 Å². The van der Waals surface area contributed by atoms with Gasteiger partial charge in [0.2, 0.25) is 0 Å². The topological polar surface area (TPSA) is 143 Å². The molecule has 1 amide bonds. The van der Waals surface area contributed by atoms with Crippen molar-refractivity contribution in [3.63, 3.8) is 0 Å². The lowest BCUT2D eigenvalue weighted by Crippen LogP contribution is -2.57. The van der Waals surface area contributed by atoms with E-state index in [1.807, 2.05) is 54.8 Å². The van der Waals surface area contributed by atoms with Crippen LogP contribution in [0.25, 0.3) is 22.2 Å². The number of ether oxygens (including phenoxy) is 4. The van der Waals surface area contributed by atoms with Crippen molar-refractivity contribution in [2.45, 2.75) is 128 Å². The number of amides is 1. The summed E-state index contributed by atoms with van der Waals surface area (Å²) in [6.45, 7) is 9.61. The van der Waals surface area contributed by atoms with Crippen LogP contribution >= 0.6 is 11.6 Å². The zero-order chi connectivity index (χ0) is 52.2. The van der Waals surface area contributed by atoms with Crippen LogP contribution in [-0.4, -0.2) is 113 Å². The first-order valence-electron chi connectivity index (χ1n) is 24.9. The molecule has 73 heavy (non-hydrogen) atoms. The number of rotatable bonds is 19. The van der Waals surface area contributed by atoms with Crippen molar-refractivity contribution in [1.82, 2.24) is 24.8 Å². The number of unbranched alkanes of at least 4 members (excludes halogenated alkanes) is 3. The van der Waals surface area contributed by atoms with Gasteiger partial charge in [0.1, 0.15) is 40.9 Å². The Morgan fingerprint density at radius 2 is 1.47 bits per heavy atom. The van der Waals surface area contributed by atoms with Gasteiger partial charge < -0.3 is 33.9 Å². The van der Waals surface area contributed by atoms with Crippen LogP contribution in [0.4, 0.5) is 34.0 Å². The Kier molecular flexibility index (Phi) is 16.4. The molecule has 5 aromatic rings. The average molecular weight is 1030 g/mol. The first-order chi connectivity index (χ1) is 34.8. The van der Waals surface area contributed by atoms with Crippen LogP contribution in [0, 0.1) is 12.7 Å². The summed E-state index contributed by atoms with van der Waals surface area (Å²) < 4.78 is 87.2. The van der Waals surface area contributed by atoms with E-state index in [2.05, 4.69) is 14.9 Å². The summed E-state index contributed by atoms with van der Waals surface area (Å²) in [5.74, 6) is -0.239. The molecule has 3 aromatic carbocycles. The zero-order valence-electron chi connectivity index (χ0n) is 42.2. The number of halogens is 5. The molecule has 5 heterocycles. The third-order valence-corrected chi connectivity index (χ3v) is 14.1. The molecule has 3 aliphatic rings. The van der Waals surface area contributed by atoms with Crippen molar-refractivity contribution in [3.8, 4) is 28.8 Å². The molecule has 19 heteroatoms. The van der Waals surface area contributed by atoms with Crippen LogP contribution in [0.5, 0.6) is 17.5 Å². The third-order valence-electron chi connectivity index (χ3n) is 13.8. The maximum Gasteiger partial charge on any atom is 0.418 e. The summed E-state index contributed by atoms with van der Waals surface area (Å²) in [6.07, 6.45) is 1.10. The van der Waals surface area contributed by atoms with Gasteiger partial charge in [-0.15, -0.1) is 0 Å². The van der Waals surface area contributed by atoms with Crippen molar-refractivity contribution >= 4 is 46.2 Å². The molecule has 1 N–H and O–H groups in total. The number of hydrogen-bond donors (Lipinski definition) is 1. The Hall–Kier alpha value is -6.14. The van der Waals surface area contributed by atoms with Gasteiger partial charge in [-0.05, 0) is 132 Å². The van der Waals surface area contributed by atoms with Gasteiger partial charge in [0.25, 0.3) is 0 Å². The number of aliphatic carboxylic acids is 1. The zero-order valence-corrected chi connectivity index (χ0v) is 43.0. The molecule has 0 aliphatic carbocycles. The van der Waals surface area contributed by atoms with Gasteiger partial charge in [0, 0.05) is 44.0 Å². The van der Waals surface area contributed by atoms with Crippen LogP contribution in [0.2, 0.25) is 5.02 Å². The van der Waals surface area contributed by atoms with Gasteiger partial charge >= 0.3 is 24.2 Å². The lowest BCUT2D eigenvalue weighted by molar-refractivity contribution is -0.138. The quantitative estimate of drug-likeness (QED) is 0.0620. The molecule has 0 spiro atoms. The minimum Gasteiger partial charge on any atom is -0.497 e. The van der Waals surface area contributed by atoms with Gasteiger partial charge in [-0.1, -0.05) is 48.7 Å². The van der Waals surface area contributed by atoms with Crippen LogP contribution in [-0.2, 0) is 28.8 Å². The number of anilines is 2. The normalized spacial score (nSPS) is 18.1. The second-order valence-electron chi connectivity index (χ2n) is 20.2. The fraction of sp³-hybridized carbons (Fsp3) is 0.500. The number of alkyl halides is 3. The molecule has 8 rings (SSSR count). The highest BCUT2D eigenvalue weighted by Crippen LogP contribution is 2.46. The fourth-order valence-electron chi connectivity index (χ4n) is 10.3. The fourth-order valence-corrected chi connectivity index (χ4v) is 10.6. The summed E-state index contributed by atoms with van der Waals surface area (Å²) in [4.78, 5) is 46.5. The number of hydrogen-bond acceptors (Lipinski definition) is 12. The Morgan fingerprint density at radius 3 is 2.04 bits per heavy atom. The van der Waals surface area contributed by atoms with E-state index in [1.165, 1.54) is 19.1 Å². The number of piperazine rings is 1. The summed E-state index contributed by atoms with van der Waals surface area (Å²) in [7, 11) is 3.11. The smallest absolute Gasteiger partial charge is 0.418 e. The third kappa shape index (κ3) is 12.6. The van der Waals surface area contributed by atoms with E-state index in [4.69, 9.17) is 40.6 Å². The highest BCUT2D eigenvalue weighted by atomic mass is 35.5. The number of fused-ring (bicyclic) bond motifs is 3. The minimum absolute atomic E-state index is 0.0105. The van der Waals surface area contributed by atoms with Crippen LogP contribution in [0.3, 0.4) is 0 Å². The van der Waals surface area contributed by atoms with Gasteiger partial charge in [-0.2, -0.15) is 23.1 Å². The van der Waals surface area contributed by atoms with Crippen molar-refractivity contribution < 1.29 is 51.2 Å². The number of nitrogens with zero attached hydrogens (tertiary/aromatic N) is 7. The summed E-state index contributed by atoms with van der Waals surface area (Å²) in [5.41, 5.74) is -1.98. The highest BCUT2D eigenvalue weighted by Gasteiger charge is 2.46. The number of benzene rings is 3. The van der Waals surface area contributed by atoms with E-state index in [0.717, 1.165) is 56.3 Å². The number of carbonyl (C=O) groups excluding carboxylic acids is 1. The number of aryl methyl sites for hydroxylation is 1. The Labute approximate surface area is 428 Å². The SMILES string of the molecule is COc1ccc(CN(Cc2ccc(OC)cc2)c2cc(C)c(C(F)(F)F)c(-c3c(Cl)cc4c(N5CC6CCC(C5)N6C(=O)OC(C)(C)C)nc(OC[C@@H]5CCCN5CCCCCCC(=O)O)nc4c3F)n2)cc1. The molecule has 2 bridgehead atoms. The number of carboxylic acids is 1. The number of likely N-dealkylation sites (tertiary alicyclic amines) is 1. The number of carboxylic acid groups (broad SMARTS) is 1. The largest absolute Gasteiger partial charge is 0.497 e. The van der Waals surface area contributed by atoms with Crippen molar-refractivity contribution in [2.24, 2.45) is 0 Å². The molecule has 3 aliphatic heterocycles. The Balaban J connectivity index is 1.20. The Bertz CT molecular complexity index is 2700. The molecule has 2 aromatic heterocycles. The minimum atomic E-state index is -4.98. The second-order valence-corrected chi connectivity index (χ2v) is 20.6. The predicted octanol–water partition coefficient (Wildman–Crippen LogP) is 11.5. The van der Waals surface area contributed by atoms with E-state index < -0.39 is 46.5 Å². The molecule has 3 fully saturated rings. The van der Waals surface area contributed by atoms with Crippen molar-refractivity contribution in [1.29, 1.82) is 0 Å². The standard InChI is InChI=1S/C54H64ClF4N7O7/c1-33-26-43(64(28-34-14-20-39(70-5)21-15-34)29-35-16-22-40(71-6)23-17-35)60-49(46(33)54(57,58)59)45-42(55)27-41-48(47(45)56)61-51(72-32-38-12-11-25-63(38)24-10-8-7-9-13-44(67)68)62-50(41)65-30-36-18-19-37(31-65)66(36)52(69)73-53(2,3)4/h14-17,20-23,26-27,36-38H,7-13,18-19,24-25,28-32H2,1-6H3,(H,67,68)/t36?,37?,38-/m0/s1. The first-order valence-corrected chi connectivity index (χ1v) is 25.3. The monoisotopic (exact) mass is 1030 g/mol. The lowest BCUT2D eigenvalue weighted by Gasteiger charge is -2.42. The number of carbonyl (C=O) groups is 2. The first kappa shape index (κ1) is 53.2. The van der Waals surface area contributed by atoms with Crippen molar-refractivity contribution in [2.75, 3.05) is 56.8 Å². The molecule has 0 radical (unpaired) electrons. The second kappa shape index (κ2) is 22.5. The molecule has 14 nitrogen and oxygen atoms in total. The number of aromatic nitrogens is 3. The van der Waals surface area contributed by atoms with Crippen LogP contribution in [0.1, 0.15) is 101 Å². The van der Waals surface area contributed by atoms with E-state index in [9.17, 15) is 9.59 Å². The molecule has 0 saturated carbocycles. The van der Waals surface area contributed by atoms with E-state index in [1.54, 1.807) is 43.4 Å². The average Bonchev–Trinajstić information content (AvgIpc) is 3.90. The molecule has 3 atom stereocenters. The summed E-state index contributed by atoms with van der Waals surface area (Å²) in [5, 5.41) is 8.86. The molecule has 392 valence electrons. The lowest BCUT2D eigenvalue weighted by atomic mass is 9.98. The summed E-state index contributed by atoms with van der Waals surface area (Å²) in [6, 6.07) is 16.7. The van der Waals surface area contributed by atoms with Gasteiger partial charge in [0.15, 0.2) is 5.82 Å². The van der Waals surface area contributed by atoms with E-state index >= 15 is 17.6 Å². The van der Waals surface area contributed by atoms with Gasteiger partial charge in [-0.25, -0.2) is 14.2 Å². The van der Waals surface area contributed by atoms with Crippen LogP contribution in [0.15, 0.2) is 60.7 Å². The Morgan fingerprint density at radius 1 is 0.849 bits per heavy atom. The highest BCUT2D eigenvalue weighted by molar-refractivity contribution is 6.34. The molecule has 2 unspecified atom stereocenters. The molecular weight excluding hydrogens is 970 g/mol. The number of pyridine rings is 1. The van der Waals surface area contributed by atoms with Crippen molar-refractivity contribution in [3.05, 3.63) is 93.8 Å². The van der Waals surface area contributed by atoms with E-state index in [0.29, 0.717) is 43.9 Å². The van der Waals surface area contributed by atoms with Gasteiger partial charge in [0.05, 0.1) is 48.1 Å². The predicted molar refractivity (Wildman–Crippen MR) is 271 cm³/mol. The molecular formula is C54H64ClF4N7O7. The maximum absolute atomic E-state index is 18.0.